The second-order valence-electron chi connectivity index (χ2n) is 10.7. The highest BCUT2D eigenvalue weighted by Crippen LogP contribution is 2.38. The summed E-state index contributed by atoms with van der Waals surface area (Å²) >= 11 is 1.56. The second-order valence-corrected chi connectivity index (χ2v) is 11.6. The van der Waals surface area contributed by atoms with Crippen LogP contribution in [-0.2, 0) is 10.5 Å². The number of para-hydroxylation sites is 1. The first-order valence-electron chi connectivity index (χ1n) is 13.2. The molecular weight excluding hydrogens is 476 g/mol. The molecule has 192 valence electrons. The third kappa shape index (κ3) is 5.74. The van der Waals surface area contributed by atoms with Crippen molar-refractivity contribution in [3.05, 3.63) is 93.5 Å². The van der Waals surface area contributed by atoms with Crippen LogP contribution in [0, 0.1) is 18.8 Å². The highest BCUT2D eigenvalue weighted by Gasteiger charge is 2.40. The molecule has 5 rings (SSSR count). The number of amides is 1. The summed E-state index contributed by atoms with van der Waals surface area (Å²) < 4.78 is 0. The fraction of sp³-hybridized carbons (Fsp3) is 0.387. The predicted octanol–water partition coefficient (Wildman–Crippen LogP) is 5.42. The monoisotopic (exact) mass is 512 g/mol. The van der Waals surface area contributed by atoms with E-state index < -0.39 is 0 Å². The molecule has 0 spiro atoms. The number of hydrogen-bond acceptors (Lipinski definition) is 5. The van der Waals surface area contributed by atoms with E-state index in [1.807, 2.05) is 29.3 Å². The van der Waals surface area contributed by atoms with Gasteiger partial charge in [0.05, 0.1) is 5.36 Å². The van der Waals surface area contributed by atoms with Crippen LogP contribution in [0.3, 0.4) is 0 Å². The lowest BCUT2D eigenvalue weighted by molar-refractivity contribution is -0.116. The van der Waals surface area contributed by atoms with Crippen molar-refractivity contribution in [1.82, 2.24) is 10.3 Å². The zero-order chi connectivity index (χ0) is 25.9. The molecule has 0 saturated carbocycles. The highest BCUT2D eigenvalue weighted by atomic mass is 32.2. The molecule has 0 aromatic heterocycles. The fourth-order valence-electron chi connectivity index (χ4n) is 5.38. The summed E-state index contributed by atoms with van der Waals surface area (Å²) in [6.07, 6.45) is 8.79. The molecule has 6 heteroatoms. The number of aryl methyl sites for hydroxylation is 1. The van der Waals surface area contributed by atoms with Gasteiger partial charge >= 0.3 is 0 Å². The molecule has 3 unspecified atom stereocenters. The number of nitrogens with zero attached hydrogens (tertiary/aromatic N) is 3. The van der Waals surface area contributed by atoms with Crippen molar-refractivity contribution in [3.63, 3.8) is 0 Å². The van der Waals surface area contributed by atoms with Gasteiger partial charge < -0.3 is 0 Å². The van der Waals surface area contributed by atoms with E-state index in [-0.39, 0.29) is 18.0 Å². The van der Waals surface area contributed by atoms with E-state index in [9.17, 15) is 4.79 Å². The summed E-state index contributed by atoms with van der Waals surface area (Å²) in [5, 5.41) is 12.3. The first kappa shape index (κ1) is 25.5. The fourth-order valence-corrected chi connectivity index (χ4v) is 6.19. The summed E-state index contributed by atoms with van der Waals surface area (Å²) in [4.78, 5) is 18.6. The normalized spacial score (nSPS) is 22.7. The first-order chi connectivity index (χ1) is 17.9. The number of allylic oxidation sites excluding steroid dienone is 4. The van der Waals surface area contributed by atoms with Gasteiger partial charge in [0.2, 0.25) is 0 Å². The van der Waals surface area contributed by atoms with E-state index in [1.54, 1.807) is 11.8 Å². The van der Waals surface area contributed by atoms with Crippen molar-refractivity contribution in [2.75, 3.05) is 0 Å². The van der Waals surface area contributed by atoms with Crippen molar-refractivity contribution in [1.29, 1.82) is 0 Å². The van der Waals surface area contributed by atoms with Crippen LogP contribution in [0.25, 0.3) is 5.70 Å². The van der Waals surface area contributed by atoms with Gasteiger partial charge in [-0.1, -0.05) is 90.0 Å². The molecule has 1 N–H and O–H groups in total. The third-order valence-corrected chi connectivity index (χ3v) is 8.37. The van der Waals surface area contributed by atoms with Gasteiger partial charge in [-0.3, -0.25) is 15.1 Å². The van der Waals surface area contributed by atoms with Gasteiger partial charge in [0.1, 0.15) is 11.9 Å². The largest absolute Gasteiger partial charge is 0.298 e. The Labute approximate surface area is 224 Å². The molecule has 2 aromatic carbocycles. The molecular formula is C31H36N4OS. The van der Waals surface area contributed by atoms with Gasteiger partial charge in [-0.15, -0.1) is 5.10 Å². The number of nitrogens with one attached hydrogen (secondary N) is 1. The molecule has 0 fully saturated rings. The minimum atomic E-state index is -0.198. The molecule has 1 amide bonds. The summed E-state index contributed by atoms with van der Waals surface area (Å²) in [6, 6.07) is 16.4. The number of benzene rings is 2. The number of amidine groups is 1. The molecule has 1 aliphatic carbocycles. The number of hydrogen-bond donors (Lipinski definition) is 1. The number of thioether (sulfide) groups is 1. The van der Waals surface area contributed by atoms with E-state index in [0.717, 1.165) is 42.0 Å². The average Bonchev–Trinajstić information content (AvgIpc) is 2.88. The minimum absolute atomic E-state index is 0.102. The maximum Gasteiger partial charge on any atom is 0.276 e. The zero-order valence-corrected chi connectivity index (χ0v) is 23.0. The van der Waals surface area contributed by atoms with Gasteiger partial charge in [0.15, 0.2) is 5.17 Å². The Morgan fingerprint density at radius 1 is 1.16 bits per heavy atom. The van der Waals surface area contributed by atoms with E-state index in [4.69, 9.17) is 10.1 Å². The van der Waals surface area contributed by atoms with Crippen LogP contribution in [0.1, 0.15) is 57.6 Å². The summed E-state index contributed by atoms with van der Waals surface area (Å²) in [6.45, 7) is 8.74. The van der Waals surface area contributed by atoms with Crippen LogP contribution in [0.2, 0.25) is 0 Å². The standard InChI is InChI=1S/C31H36N4OS/c1-20(2)8-7-9-23-16-17-25(22(4)18-23)29-32-27-11-6-5-10-26(27)28-30(36)33-31(34-35(28)29)37-19-24-14-12-21(3)13-15-24/h5-6,8,10-16,22,25,29H,7,9,17-19H2,1-4H3,(H,33,34,36). The quantitative estimate of drug-likeness (QED) is 0.526. The lowest BCUT2D eigenvalue weighted by Gasteiger charge is -2.41. The Bertz CT molecular complexity index is 1390. The van der Waals surface area contributed by atoms with E-state index in [1.165, 1.54) is 22.3 Å². The number of fused-ring (bicyclic) bond motifs is 2. The van der Waals surface area contributed by atoms with Crippen LogP contribution in [0.5, 0.6) is 0 Å². The van der Waals surface area contributed by atoms with Crippen molar-refractivity contribution in [2.24, 2.45) is 21.9 Å². The molecule has 2 heterocycles. The van der Waals surface area contributed by atoms with Crippen molar-refractivity contribution in [2.45, 2.75) is 65.3 Å². The summed E-state index contributed by atoms with van der Waals surface area (Å²) in [5.41, 5.74) is 5.97. The summed E-state index contributed by atoms with van der Waals surface area (Å²) in [7, 11) is 0. The lowest BCUT2D eigenvalue weighted by Crippen LogP contribution is -2.55. The Morgan fingerprint density at radius 3 is 2.70 bits per heavy atom. The Kier molecular flexibility index (Phi) is 7.65. The molecule has 0 saturated heterocycles. The Balaban J connectivity index is 1.43. The maximum absolute atomic E-state index is 13.4. The molecule has 5 nitrogen and oxygen atoms in total. The SMILES string of the molecule is CC(C)=CCCC1=CCC(C2N=c3ccccc3=C3C(=O)NC(SCc4ccc(C)cc4)=NN32)C(C)C1. The van der Waals surface area contributed by atoms with Crippen LogP contribution in [0.15, 0.2) is 81.9 Å². The number of carbonyl (C=O) groups is 1. The predicted molar refractivity (Wildman–Crippen MR) is 153 cm³/mol. The number of hydrazone groups is 1. The van der Waals surface area contributed by atoms with E-state index >= 15 is 0 Å². The van der Waals surface area contributed by atoms with Crippen LogP contribution < -0.4 is 15.9 Å². The zero-order valence-electron chi connectivity index (χ0n) is 22.2. The Hall–Kier alpha value is -3.12. The molecule has 0 bridgehead atoms. The van der Waals surface area contributed by atoms with Crippen LogP contribution in [-0.4, -0.2) is 22.2 Å². The maximum atomic E-state index is 13.4. The molecule has 37 heavy (non-hydrogen) atoms. The van der Waals surface area contributed by atoms with Gasteiger partial charge in [-0.05, 0) is 64.0 Å². The van der Waals surface area contributed by atoms with Crippen molar-refractivity contribution >= 4 is 28.5 Å². The van der Waals surface area contributed by atoms with Gasteiger partial charge in [0.25, 0.3) is 5.91 Å². The van der Waals surface area contributed by atoms with E-state index in [0.29, 0.717) is 16.8 Å². The van der Waals surface area contributed by atoms with Gasteiger partial charge in [-0.2, -0.15) is 0 Å². The topological polar surface area (TPSA) is 57.1 Å². The minimum Gasteiger partial charge on any atom is -0.298 e. The van der Waals surface area contributed by atoms with Gasteiger partial charge in [-0.25, -0.2) is 5.01 Å². The molecule has 2 aromatic rings. The highest BCUT2D eigenvalue weighted by molar-refractivity contribution is 8.13. The second kappa shape index (κ2) is 11.1. The van der Waals surface area contributed by atoms with Crippen LogP contribution >= 0.6 is 11.8 Å². The molecule has 3 aliphatic rings. The van der Waals surface area contributed by atoms with Gasteiger partial charge in [0, 0.05) is 16.9 Å². The van der Waals surface area contributed by atoms with Crippen LogP contribution in [0.4, 0.5) is 0 Å². The van der Waals surface area contributed by atoms with E-state index in [2.05, 4.69) is 69.4 Å². The molecule has 3 atom stereocenters. The third-order valence-electron chi connectivity index (χ3n) is 7.44. The number of rotatable bonds is 6. The number of carbonyl (C=O) groups excluding carboxylic acids is 1. The Morgan fingerprint density at radius 2 is 1.95 bits per heavy atom. The summed E-state index contributed by atoms with van der Waals surface area (Å²) in [5.74, 6) is 1.39. The lowest BCUT2D eigenvalue weighted by atomic mass is 9.77. The average molecular weight is 513 g/mol. The first-order valence-corrected chi connectivity index (χ1v) is 14.2. The molecule has 0 radical (unpaired) electrons. The van der Waals surface area contributed by atoms with Crippen molar-refractivity contribution in [3.8, 4) is 0 Å². The smallest absolute Gasteiger partial charge is 0.276 e. The molecule has 2 aliphatic heterocycles. The van der Waals surface area contributed by atoms with Crippen molar-refractivity contribution < 1.29 is 4.79 Å².